The number of amides is 1. The third kappa shape index (κ3) is 4.50. The van der Waals surface area contributed by atoms with Crippen molar-refractivity contribution in [1.29, 1.82) is 0 Å². The van der Waals surface area contributed by atoms with Crippen molar-refractivity contribution in [1.82, 2.24) is 4.90 Å². The van der Waals surface area contributed by atoms with Crippen LogP contribution in [0.15, 0.2) is 0 Å². The molecule has 0 spiro atoms. The molecule has 1 N–H and O–H groups in total. The molecule has 1 amide bonds. The van der Waals surface area contributed by atoms with Gasteiger partial charge in [-0.05, 0) is 39.5 Å². The quantitative estimate of drug-likeness (QED) is 0.811. The van der Waals surface area contributed by atoms with E-state index < -0.39 is 17.9 Å². The van der Waals surface area contributed by atoms with Crippen LogP contribution in [0.3, 0.4) is 0 Å². The van der Waals surface area contributed by atoms with Gasteiger partial charge < -0.3 is 14.7 Å². The van der Waals surface area contributed by atoms with E-state index >= 15 is 0 Å². The second-order valence-corrected chi connectivity index (χ2v) is 5.50. The molecule has 0 aromatic heterocycles. The lowest BCUT2D eigenvalue weighted by Gasteiger charge is -2.35. The largest absolute Gasteiger partial charge is 0.444 e. The Morgan fingerprint density at radius 2 is 2.18 bits per heavy atom. The fourth-order valence-corrected chi connectivity index (χ4v) is 1.94. The normalized spacial score (nSPS) is 25.8. The second-order valence-electron chi connectivity index (χ2n) is 5.50. The van der Waals surface area contributed by atoms with E-state index in [-0.39, 0.29) is 19.1 Å². The number of alkyl halides is 1. The molecule has 0 aromatic carbocycles. The highest BCUT2D eigenvalue weighted by Crippen LogP contribution is 2.24. The Labute approximate surface area is 102 Å². The standard InChI is InChI=1S/C12H22FNO3/c1-12(2,3)17-11(16)14-6-4-9(5-7-15)10(13)8-14/h9-10,15H,4-8H2,1-3H3/t9-,10-/m1/s1. The summed E-state index contributed by atoms with van der Waals surface area (Å²) in [6.07, 6.45) is -0.476. The van der Waals surface area contributed by atoms with Crippen molar-refractivity contribution in [2.24, 2.45) is 5.92 Å². The molecule has 1 heterocycles. The number of carbonyl (C=O) groups is 1. The van der Waals surface area contributed by atoms with Crippen LogP contribution in [0.2, 0.25) is 0 Å². The first-order chi connectivity index (χ1) is 7.83. The van der Waals surface area contributed by atoms with Crippen LogP contribution in [0, 0.1) is 5.92 Å². The molecule has 5 heteroatoms. The van der Waals surface area contributed by atoms with Crippen molar-refractivity contribution in [2.45, 2.75) is 45.4 Å². The molecule has 1 aliphatic rings. The summed E-state index contributed by atoms with van der Waals surface area (Å²) >= 11 is 0. The van der Waals surface area contributed by atoms with E-state index in [9.17, 15) is 9.18 Å². The SMILES string of the molecule is CC(C)(C)OC(=O)N1CC[C@H](CCO)[C@H](F)C1. The summed E-state index contributed by atoms with van der Waals surface area (Å²) < 4.78 is 18.9. The zero-order valence-corrected chi connectivity index (χ0v) is 10.8. The van der Waals surface area contributed by atoms with Crippen LogP contribution in [0.25, 0.3) is 0 Å². The van der Waals surface area contributed by atoms with E-state index in [1.54, 1.807) is 20.8 Å². The molecular formula is C12H22FNO3. The van der Waals surface area contributed by atoms with E-state index in [1.165, 1.54) is 4.90 Å². The molecule has 4 nitrogen and oxygen atoms in total. The number of hydrogen-bond acceptors (Lipinski definition) is 3. The number of halogens is 1. The third-order valence-electron chi connectivity index (χ3n) is 2.83. The molecule has 1 rings (SSSR count). The fourth-order valence-electron chi connectivity index (χ4n) is 1.94. The van der Waals surface area contributed by atoms with Crippen LogP contribution in [0.1, 0.15) is 33.6 Å². The first kappa shape index (κ1) is 14.2. The maximum atomic E-state index is 13.7. The number of nitrogens with zero attached hydrogens (tertiary/aromatic N) is 1. The van der Waals surface area contributed by atoms with Crippen molar-refractivity contribution in [3.05, 3.63) is 0 Å². The molecule has 0 saturated carbocycles. The smallest absolute Gasteiger partial charge is 0.410 e. The summed E-state index contributed by atoms with van der Waals surface area (Å²) in [5, 5.41) is 8.79. The van der Waals surface area contributed by atoms with Crippen LogP contribution < -0.4 is 0 Å². The van der Waals surface area contributed by atoms with Gasteiger partial charge in [-0.3, -0.25) is 0 Å². The second kappa shape index (κ2) is 5.67. The molecule has 0 radical (unpaired) electrons. The minimum absolute atomic E-state index is 0.00246. The predicted octanol–water partition coefficient (Wildman–Crippen LogP) is 1.96. The number of aliphatic hydroxyl groups is 1. The summed E-state index contributed by atoms with van der Waals surface area (Å²) in [6.45, 7) is 5.93. The van der Waals surface area contributed by atoms with Gasteiger partial charge in [-0.15, -0.1) is 0 Å². The number of hydrogen-bond donors (Lipinski definition) is 1. The van der Waals surface area contributed by atoms with Crippen LogP contribution in [0.5, 0.6) is 0 Å². The van der Waals surface area contributed by atoms with Gasteiger partial charge in [0.2, 0.25) is 0 Å². The highest BCUT2D eigenvalue weighted by molar-refractivity contribution is 5.68. The minimum atomic E-state index is -1.07. The van der Waals surface area contributed by atoms with Crippen molar-refractivity contribution >= 4 is 6.09 Å². The van der Waals surface area contributed by atoms with Gasteiger partial charge in [0.15, 0.2) is 0 Å². The van der Waals surface area contributed by atoms with Gasteiger partial charge >= 0.3 is 6.09 Å². The molecule has 1 saturated heterocycles. The summed E-state index contributed by atoms with van der Waals surface area (Å²) in [5.74, 6) is -0.140. The number of aliphatic hydroxyl groups excluding tert-OH is 1. The minimum Gasteiger partial charge on any atom is -0.444 e. The molecule has 17 heavy (non-hydrogen) atoms. The first-order valence-corrected chi connectivity index (χ1v) is 6.06. The van der Waals surface area contributed by atoms with Crippen LogP contribution in [0.4, 0.5) is 9.18 Å². The van der Waals surface area contributed by atoms with Gasteiger partial charge in [0, 0.05) is 13.2 Å². The van der Waals surface area contributed by atoms with Crippen molar-refractivity contribution in [3.8, 4) is 0 Å². The zero-order valence-electron chi connectivity index (χ0n) is 10.8. The molecule has 100 valence electrons. The molecule has 2 atom stereocenters. The topological polar surface area (TPSA) is 49.8 Å². The van der Waals surface area contributed by atoms with E-state index in [0.29, 0.717) is 19.4 Å². The van der Waals surface area contributed by atoms with Crippen molar-refractivity contribution in [2.75, 3.05) is 19.7 Å². The van der Waals surface area contributed by atoms with E-state index in [2.05, 4.69) is 0 Å². The van der Waals surface area contributed by atoms with Gasteiger partial charge in [-0.25, -0.2) is 9.18 Å². The summed E-state index contributed by atoms with van der Waals surface area (Å²) in [7, 11) is 0. The predicted molar refractivity (Wildman–Crippen MR) is 62.5 cm³/mol. The Morgan fingerprint density at radius 1 is 1.53 bits per heavy atom. The molecule has 0 aliphatic carbocycles. The number of carbonyl (C=O) groups excluding carboxylic acids is 1. The Morgan fingerprint density at radius 3 is 2.65 bits per heavy atom. The summed E-state index contributed by atoms with van der Waals surface area (Å²) in [6, 6.07) is 0. The third-order valence-corrected chi connectivity index (χ3v) is 2.83. The number of likely N-dealkylation sites (tertiary alicyclic amines) is 1. The lowest BCUT2D eigenvalue weighted by molar-refractivity contribution is 0.00325. The van der Waals surface area contributed by atoms with Crippen LogP contribution in [-0.2, 0) is 4.74 Å². The average molecular weight is 247 g/mol. The Bertz CT molecular complexity index is 265. The molecular weight excluding hydrogens is 225 g/mol. The Kier molecular flexibility index (Phi) is 4.74. The van der Waals surface area contributed by atoms with Crippen LogP contribution >= 0.6 is 0 Å². The van der Waals surface area contributed by atoms with Gasteiger partial charge in [0.25, 0.3) is 0 Å². The molecule has 0 unspecified atom stereocenters. The van der Waals surface area contributed by atoms with Gasteiger partial charge in [0.05, 0.1) is 6.54 Å². The summed E-state index contributed by atoms with van der Waals surface area (Å²) in [5.41, 5.74) is -0.551. The molecule has 0 aromatic rings. The van der Waals surface area contributed by atoms with Crippen molar-refractivity contribution in [3.63, 3.8) is 0 Å². The first-order valence-electron chi connectivity index (χ1n) is 6.06. The van der Waals surface area contributed by atoms with Gasteiger partial charge in [0.1, 0.15) is 11.8 Å². The Balaban J connectivity index is 2.46. The lowest BCUT2D eigenvalue weighted by atomic mass is 9.92. The molecule has 1 fully saturated rings. The average Bonchev–Trinajstić information content (AvgIpc) is 2.18. The maximum Gasteiger partial charge on any atom is 0.410 e. The highest BCUT2D eigenvalue weighted by Gasteiger charge is 2.33. The lowest BCUT2D eigenvalue weighted by Crippen LogP contribution is -2.47. The Hall–Kier alpha value is -0.840. The van der Waals surface area contributed by atoms with E-state index in [0.717, 1.165) is 0 Å². The zero-order chi connectivity index (χ0) is 13.1. The highest BCUT2D eigenvalue weighted by atomic mass is 19.1. The fraction of sp³-hybridized carbons (Fsp3) is 0.917. The maximum absolute atomic E-state index is 13.7. The summed E-state index contributed by atoms with van der Waals surface area (Å²) in [4.78, 5) is 13.1. The molecule has 0 bridgehead atoms. The van der Waals surface area contributed by atoms with Crippen LogP contribution in [-0.4, -0.2) is 47.6 Å². The molecule has 1 aliphatic heterocycles. The van der Waals surface area contributed by atoms with Crippen molar-refractivity contribution < 1.29 is 19.0 Å². The monoisotopic (exact) mass is 247 g/mol. The van der Waals surface area contributed by atoms with E-state index in [4.69, 9.17) is 9.84 Å². The van der Waals surface area contributed by atoms with Gasteiger partial charge in [-0.2, -0.15) is 0 Å². The van der Waals surface area contributed by atoms with Gasteiger partial charge in [-0.1, -0.05) is 0 Å². The number of rotatable bonds is 2. The number of piperidine rings is 1. The number of ether oxygens (including phenoxy) is 1. The van der Waals surface area contributed by atoms with E-state index in [1.807, 2.05) is 0 Å².